The zero-order valence-electron chi connectivity index (χ0n) is 33.9. The van der Waals surface area contributed by atoms with E-state index in [4.69, 9.17) is 14.2 Å². The average Bonchev–Trinajstić information content (AvgIpc) is 3.54. The van der Waals surface area contributed by atoms with Crippen LogP contribution >= 0.6 is 0 Å². The lowest BCUT2D eigenvalue weighted by atomic mass is 9.89. The summed E-state index contributed by atoms with van der Waals surface area (Å²) >= 11 is 0. The van der Waals surface area contributed by atoms with Crippen LogP contribution < -0.4 is 5.32 Å². The zero-order valence-corrected chi connectivity index (χ0v) is 33.9. The summed E-state index contributed by atoms with van der Waals surface area (Å²) in [5.74, 6) is -0.756. The van der Waals surface area contributed by atoms with Crippen molar-refractivity contribution in [3.63, 3.8) is 0 Å². The molecule has 0 aliphatic carbocycles. The molecule has 2 N–H and O–H groups in total. The van der Waals surface area contributed by atoms with E-state index < -0.39 is 24.3 Å². The lowest BCUT2D eigenvalue weighted by Gasteiger charge is -2.44. The SMILES string of the molecule is CC1C(CN2CCN(Cc3ccccc3)CC2)OC(c2cccc(-c3cccc(CN4C(=O)CC(NC(=O)OCc5ccccc5)C4=O)c3)c2)OC1c1ccc(CO)cc1. The minimum atomic E-state index is -0.983. The summed E-state index contributed by atoms with van der Waals surface area (Å²) in [5, 5.41) is 12.3. The highest BCUT2D eigenvalue weighted by Gasteiger charge is 2.41. The summed E-state index contributed by atoms with van der Waals surface area (Å²) in [4.78, 5) is 45.0. The third-order valence-corrected chi connectivity index (χ3v) is 11.8. The molecule has 11 heteroatoms. The number of piperazine rings is 1. The summed E-state index contributed by atoms with van der Waals surface area (Å²) in [6, 6.07) is 42.8. The molecule has 3 heterocycles. The van der Waals surface area contributed by atoms with Gasteiger partial charge >= 0.3 is 6.09 Å². The highest BCUT2D eigenvalue weighted by atomic mass is 16.7. The van der Waals surface area contributed by atoms with Crippen LogP contribution in [0.1, 0.15) is 59.1 Å². The number of nitrogens with zero attached hydrogens (tertiary/aromatic N) is 3. The van der Waals surface area contributed by atoms with E-state index in [1.54, 1.807) is 0 Å². The summed E-state index contributed by atoms with van der Waals surface area (Å²) in [7, 11) is 0. The monoisotopic (exact) mass is 808 g/mol. The molecule has 5 atom stereocenters. The fourth-order valence-electron chi connectivity index (χ4n) is 8.32. The van der Waals surface area contributed by atoms with Crippen molar-refractivity contribution in [3.8, 4) is 11.1 Å². The quantitative estimate of drug-likeness (QED) is 0.121. The number of nitrogens with one attached hydrogen (secondary N) is 1. The van der Waals surface area contributed by atoms with E-state index >= 15 is 0 Å². The van der Waals surface area contributed by atoms with Crippen molar-refractivity contribution in [3.05, 3.63) is 167 Å². The van der Waals surface area contributed by atoms with Gasteiger partial charge in [-0.25, -0.2) is 4.79 Å². The molecule has 8 rings (SSSR count). The van der Waals surface area contributed by atoms with E-state index in [0.717, 1.165) is 78.2 Å². The largest absolute Gasteiger partial charge is 0.445 e. The van der Waals surface area contributed by atoms with Gasteiger partial charge in [-0.15, -0.1) is 0 Å². The Balaban J connectivity index is 0.941. The van der Waals surface area contributed by atoms with Crippen LogP contribution in [-0.2, 0) is 50.1 Å². The minimum Gasteiger partial charge on any atom is -0.445 e. The number of benzene rings is 5. The fraction of sp³-hybridized carbons (Fsp3) is 0.327. The van der Waals surface area contributed by atoms with Crippen LogP contribution in [0, 0.1) is 5.92 Å². The molecular weight excluding hydrogens is 757 g/mol. The number of rotatable bonds is 13. The van der Waals surface area contributed by atoms with Crippen molar-refractivity contribution in [2.45, 2.75) is 64.2 Å². The van der Waals surface area contributed by atoms with Crippen molar-refractivity contribution in [1.82, 2.24) is 20.0 Å². The van der Waals surface area contributed by atoms with E-state index in [1.807, 2.05) is 97.1 Å². The number of carbonyl (C=O) groups excluding carboxylic acids is 3. The summed E-state index contributed by atoms with van der Waals surface area (Å²) in [6.45, 7) is 7.95. The second-order valence-electron chi connectivity index (χ2n) is 16.0. The van der Waals surface area contributed by atoms with Crippen LogP contribution in [0.15, 0.2) is 133 Å². The van der Waals surface area contributed by atoms with Gasteiger partial charge in [-0.2, -0.15) is 0 Å². The Morgan fingerprint density at radius 1 is 0.700 bits per heavy atom. The number of alkyl carbamates (subject to hydrolysis) is 1. The Morgan fingerprint density at radius 2 is 1.35 bits per heavy atom. The maximum Gasteiger partial charge on any atom is 0.408 e. The first-order chi connectivity index (χ1) is 29.3. The molecule has 0 bridgehead atoms. The number of carbonyl (C=O) groups is 3. The molecule has 0 saturated carbocycles. The Kier molecular flexibility index (Phi) is 13.1. The van der Waals surface area contributed by atoms with E-state index in [1.165, 1.54) is 10.5 Å². The zero-order chi connectivity index (χ0) is 41.4. The molecule has 3 fully saturated rings. The van der Waals surface area contributed by atoms with E-state index in [9.17, 15) is 19.5 Å². The van der Waals surface area contributed by atoms with Gasteiger partial charge in [0, 0.05) is 50.7 Å². The Labute approximate surface area is 351 Å². The maximum atomic E-state index is 13.3. The summed E-state index contributed by atoms with van der Waals surface area (Å²) < 4.78 is 19.0. The van der Waals surface area contributed by atoms with Crippen LogP contribution in [0.4, 0.5) is 4.79 Å². The summed E-state index contributed by atoms with van der Waals surface area (Å²) in [6.07, 6.45) is -1.83. The van der Waals surface area contributed by atoms with Crippen molar-refractivity contribution in [2.75, 3.05) is 32.7 Å². The first-order valence-electron chi connectivity index (χ1n) is 20.8. The van der Waals surface area contributed by atoms with Crippen LogP contribution in [0.2, 0.25) is 0 Å². The smallest absolute Gasteiger partial charge is 0.408 e. The Morgan fingerprint density at radius 3 is 2.07 bits per heavy atom. The Bertz CT molecular complexity index is 2230. The van der Waals surface area contributed by atoms with Crippen LogP contribution in [0.3, 0.4) is 0 Å². The van der Waals surface area contributed by atoms with Crippen molar-refractivity contribution in [1.29, 1.82) is 0 Å². The lowest BCUT2D eigenvalue weighted by Crippen LogP contribution is -2.51. The first kappa shape index (κ1) is 41.1. The highest BCUT2D eigenvalue weighted by molar-refractivity contribution is 6.06. The van der Waals surface area contributed by atoms with Gasteiger partial charge in [0.1, 0.15) is 12.6 Å². The fourth-order valence-corrected chi connectivity index (χ4v) is 8.32. The molecular formula is C49H52N4O7. The van der Waals surface area contributed by atoms with E-state index in [0.29, 0.717) is 0 Å². The van der Waals surface area contributed by atoms with Crippen molar-refractivity contribution < 1.29 is 33.7 Å². The highest BCUT2D eigenvalue weighted by Crippen LogP contribution is 2.42. The van der Waals surface area contributed by atoms with Crippen LogP contribution in [0.5, 0.6) is 0 Å². The predicted molar refractivity (Wildman–Crippen MR) is 227 cm³/mol. The number of ether oxygens (including phenoxy) is 3. The van der Waals surface area contributed by atoms with Gasteiger partial charge in [-0.3, -0.25) is 24.3 Å². The second-order valence-corrected chi connectivity index (χ2v) is 16.0. The molecule has 5 aromatic rings. The van der Waals surface area contributed by atoms with Gasteiger partial charge in [0.05, 0.1) is 31.8 Å². The minimum absolute atomic E-state index is 0.0195. The number of aliphatic hydroxyl groups excluding tert-OH is 1. The first-order valence-corrected chi connectivity index (χ1v) is 20.8. The normalized spacial score (nSPS) is 22.5. The number of hydrogen-bond acceptors (Lipinski definition) is 9. The van der Waals surface area contributed by atoms with Crippen LogP contribution in [-0.4, -0.2) is 82.6 Å². The summed E-state index contributed by atoms with van der Waals surface area (Å²) in [5.41, 5.74) is 7.56. The third-order valence-electron chi connectivity index (χ3n) is 11.8. The molecule has 5 aromatic carbocycles. The number of likely N-dealkylation sites (tertiary alicyclic amines) is 1. The molecule has 310 valence electrons. The number of aliphatic hydroxyl groups is 1. The standard InChI is InChI=1S/C49H52N4O7/c1-34-44(31-52-24-22-51(23-25-52)29-35-10-4-2-5-11-35)59-48(60-46(34)39-20-18-36(32-54)19-21-39)42-17-9-16-41(27-42)40-15-8-14-38(26-40)30-53-45(55)28-43(47(53)56)50-49(57)58-33-37-12-6-3-7-13-37/h2-21,26-27,34,43-44,46,48,54H,22-25,28-33H2,1H3,(H,50,57). The Hall–Kier alpha value is -5.69. The van der Waals surface area contributed by atoms with Crippen LogP contribution in [0.25, 0.3) is 11.1 Å². The van der Waals surface area contributed by atoms with Gasteiger partial charge in [0.2, 0.25) is 5.91 Å². The molecule has 5 unspecified atom stereocenters. The second kappa shape index (κ2) is 19.1. The number of hydrogen-bond donors (Lipinski definition) is 2. The van der Waals surface area contributed by atoms with Crippen molar-refractivity contribution in [2.24, 2.45) is 5.92 Å². The van der Waals surface area contributed by atoms with E-state index in [-0.39, 0.29) is 50.2 Å². The molecule has 0 spiro atoms. The molecule has 11 nitrogen and oxygen atoms in total. The molecule has 3 aliphatic rings. The molecule has 3 aliphatic heterocycles. The molecule has 60 heavy (non-hydrogen) atoms. The predicted octanol–water partition coefficient (Wildman–Crippen LogP) is 7.01. The van der Waals surface area contributed by atoms with Gasteiger partial charge in [0.25, 0.3) is 5.91 Å². The molecule has 3 saturated heterocycles. The molecule has 0 radical (unpaired) electrons. The third kappa shape index (κ3) is 10.0. The number of imide groups is 1. The van der Waals surface area contributed by atoms with Crippen molar-refractivity contribution >= 4 is 17.9 Å². The molecule has 0 aromatic heterocycles. The number of amides is 3. The van der Waals surface area contributed by atoms with E-state index in [2.05, 4.69) is 58.4 Å². The van der Waals surface area contributed by atoms with Gasteiger partial charge in [-0.1, -0.05) is 128 Å². The average molecular weight is 809 g/mol. The topological polar surface area (TPSA) is 121 Å². The maximum absolute atomic E-state index is 13.3. The van der Waals surface area contributed by atoms with Gasteiger partial charge in [0.15, 0.2) is 6.29 Å². The molecule has 3 amide bonds. The lowest BCUT2D eigenvalue weighted by molar-refractivity contribution is -0.276. The van der Waals surface area contributed by atoms with Gasteiger partial charge < -0.3 is 24.6 Å². The van der Waals surface area contributed by atoms with Gasteiger partial charge in [-0.05, 0) is 51.1 Å².